The zero-order chi connectivity index (χ0) is 17.2. The number of thiazole rings is 1. The van der Waals surface area contributed by atoms with Crippen molar-refractivity contribution in [2.75, 3.05) is 6.54 Å². The van der Waals surface area contributed by atoms with Gasteiger partial charge >= 0.3 is 0 Å². The molecule has 0 bridgehead atoms. The normalized spacial score (nSPS) is 17.2. The van der Waals surface area contributed by atoms with Gasteiger partial charge in [0.2, 0.25) is 0 Å². The lowest BCUT2D eigenvalue weighted by atomic mass is 10.2. The standard InChI is InChI=1S/C19H18FN3S2/c20-14-9-7-13(8-10-14)12-21-19(24)23-11-3-5-16(23)18-22-15-4-1-2-6-17(15)25-18/h1-2,4,6-10,16H,3,5,11-12H2,(H,21,24)/t16-/m1/s1. The largest absolute Gasteiger partial charge is 0.358 e. The average molecular weight is 372 g/mol. The van der Waals surface area contributed by atoms with Crippen LogP contribution >= 0.6 is 23.6 Å². The summed E-state index contributed by atoms with van der Waals surface area (Å²) in [7, 11) is 0. The Morgan fingerprint density at radius 1 is 1.24 bits per heavy atom. The quantitative estimate of drug-likeness (QED) is 0.679. The highest BCUT2D eigenvalue weighted by molar-refractivity contribution is 7.80. The first-order valence-corrected chi connectivity index (χ1v) is 9.57. The summed E-state index contributed by atoms with van der Waals surface area (Å²) in [5, 5.41) is 5.18. The molecule has 0 amide bonds. The molecule has 3 aromatic rings. The maximum atomic E-state index is 13.0. The van der Waals surface area contributed by atoms with Crippen LogP contribution in [0.5, 0.6) is 0 Å². The lowest BCUT2D eigenvalue weighted by Gasteiger charge is -2.26. The molecule has 2 aromatic carbocycles. The summed E-state index contributed by atoms with van der Waals surface area (Å²) in [6, 6.07) is 15.0. The summed E-state index contributed by atoms with van der Waals surface area (Å²) >= 11 is 7.36. The molecule has 128 valence electrons. The van der Waals surface area contributed by atoms with Gasteiger partial charge in [0.15, 0.2) is 5.11 Å². The molecule has 1 aliphatic heterocycles. The Morgan fingerprint density at radius 2 is 2.04 bits per heavy atom. The first-order chi connectivity index (χ1) is 12.2. The summed E-state index contributed by atoms with van der Waals surface area (Å²) in [4.78, 5) is 7.04. The SMILES string of the molecule is Fc1ccc(CNC(=S)N2CCC[C@@H]2c2nc3ccccc3s2)cc1. The van der Waals surface area contributed by atoms with Gasteiger partial charge < -0.3 is 10.2 Å². The minimum atomic E-state index is -0.221. The second kappa shape index (κ2) is 7.06. The molecule has 1 aromatic heterocycles. The highest BCUT2D eigenvalue weighted by Gasteiger charge is 2.30. The van der Waals surface area contributed by atoms with Gasteiger partial charge in [-0.15, -0.1) is 11.3 Å². The second-order valence-electron chi connectivity index (χ2n) is 6.16. The van der Waals surface area contributed by atoms with Crippen LogP contribution in [0.1, 0.15) is 29.5 Å². The van der Waals surface area contributed by atoms with Gasteiger partial charge in [-0.25, -0.2) is 9.37 Å². The van der Waals surface area contributed by atoms with E-state index in [0.717, 1.165) is 40.6 Å². The lowest BCUT2D eigenvalue weighted by molar-refractivity contribution is 0.392. The molecule has 0 unspecified atom stereocenters. The van der Waals surface area contributed by atoms with Crippen LogP contribution in [0.15, 0.2) is 48.5 Å². The molecule has 3 nitrogen and oxygen atoms in total. The number of para-hydroxylation sites is 1. The molecule has 0 saturated carbocycles. The van der Waals surface area contributed by atoms with Crippen molar-refractivity contribution in [1.29, 1.82) is 0 Å². The predicted octanol–water partition coefficient (Wildman–Crippen LogP) is 4.65. The molecule has 0 spiro atoms. The fourth-order valence-corrected chi connectivity index (χ4v) is 4.59. The Balaban J connectivity index is 1.46. The monoisotopic (exact) mass is 371 g/mol. The van der Waals surface area contributed by atoms with Crippen LogP contribution in [0.2, 0.25) is 0 Å². The minimum Gasteiger partial charge on any atom is -0.358 e. The van der Waals surface area contributed by atoms with Crippen molar-refractivity contribution in [2.45, 2.75) is 25.4 Å². The first kappa shape index (κ1) is 16.4. The van der Waals surface area contributed by atoms with E-state index in [2.05, 4.69) is 22.3 Å². The predicted molar refractivity (Wildman–Crippen MR) is 104 cm³/mol. The molecule has 0 aliphatic carbocycles. The smallest absolute Gasteiger partial charge is 0.169 e. The van der Waals surface area contributed by atoms with Crippen LogP contribution in [0.3, 0.4) is 0 Å². The third-order valence-corrected chi connectivity index (χ3v) is 5.98. The maximum Gasteiger partial charge on any atom is 0.169 e. The molecule has 4 rings (SSSR count). The molecule has 2 heterocycles. The van der Waals surface area contributed by atoms with Gasteiger partial charge in [-0.1, -0.05) is 24.3 Å². The fraction of sp³-hybridized carbons (Fsp3) is 0.263. The zero-order valence-electron chi connectivity index (χ0n) is 13.6. The molecular weight excluding hydrogens is 353 g/mol. The van der Waals surface area contributed by atoms with Crippen LogP contribution in [-0.2, 0) is 6.54 Å². The molecular formula is C19H18FN3S2. The van der Waals surface area contributed by atoms with E-state index < -0.39 is 0 Å². The Hall–Kier alpha value is -2.05. The highest BCUT2D eigenvalue weighted by Crippen LogP contribution is 2.36. The van der Waals surface area contributed by atoms with Crippen LogP contribution in [-0.4, -0.2) is 21.5 Å². The molecule has 1 N–H and O–H groups in total. The van der Waals surface area contributed by atoms with Crippen LogP contribution < -0.4 is 5.32 Å². The second-order valence-corrected chi connectivity index (χ2v) is 7.61. The molecule has 1 atom stereocenters. The molecule has 1 aliphatic rings. The molecule has 0 radical (unpaired) electrons. The Kier molecular flexibility index (Phi) is 4.63. The number of aromatic nitrogens is 1. The van der Waals surface area contributed by atoms with Crippen molar-refractivity contribution in [3.05, 3.63) is 64.9 Å². The van der Waals surface area contributed by atoms with E-state index in [4.69, 9.17) is 17.2 Å². The van der Waals surface area contributed by atoms with Crippen molar-refractivity contribution in [1.82, 2.24) is 15.2 Å². The molecule has 25 heavy (non-hydrogen) atoms. The maximum absolute atomic E-state index is 13.0. The van der Waals surface area contributed by atoms with Gasteiger partial charge in [-0.3, -0.25) is 0 Å². The van der Waals surface area contributed by atoms with Crippen LogP contribution in [0, 0.1) is 5.82 Å². The number of hydrogen-bond donors (Lipinski definition) is 1. The Labute approximate surface area is 155 Å². The first-order valence-electron chi connectivity index (χ1n) is 8.35. The van der Waals surface area contributed by atoms with Crippen molar-refractivity contribution in [3.8, 4) is 0 Å². The number of benzene rings is 2. The number of hydrogen-bond acceptors (Lipinski definition) is 3. The Morgan fingerprint density at radius 3 is 2.84 bits per heavy atom. The zero-order valence-corrected chi connectivity index (χ0v) is 15.2. The van der Waals surface area contributed by atoms with E-state index >= 15 is 0 Å². The van der Waals surface area contributed by atoms with E-state index in [0.29, 0.717) is 6.54 Å². The summed E-state index contributed by atoms with van der Waals surface area (Å²) in [5.41, 5.74) is 2.07. The van der Waals surface area contributed by atoms with E-state index in [-0.39, 0.29) is 11.9 Å². The summed E-state index contributed by atoms with van der Waals surface area (Å²) < 4.78 is 14.2. The third-order valence-electron chi connectivity index (χ3n) is 4.47. The van der Waals surface area contributed by atoms with Gasteiger partial charge in [0.1, 0.15) is 10.8 Å². The van der Waals surface area contributed by atoms with Crippen molar-refractivity contribution >= 4 is 38.9 Å². The molecule has 1 fully saturated rings. The number of rotatable bonds is 3. The minimum absolute atomic E-state index is 0.221. The van der Waals surface area contributed by atoms with Gasteiger partial charge in [-0.05, 0) is 54.9 Å². The summed E-state index contributed by atoms with van der Waals surface area (Å²) in [6.45, 7) is 1.54. The van der Waals surface area contributed by atoms with E-state index in [1.165, 1.54) is 16.8 Å². The van der Waals surface area contributed by atoms with Gasteiger partial charge in [-0.2, -0.15) is 0 Å². The topological polar surface area (TPSA) is 28.2 Å². The van der Waals surface area contributed by atoms with Gasteiger partial charge in [0.05, 0.1) is 16.3 Å². The van der Waals surface area contributed by atoms with Crippen molar-refractivity contribution < 1.29 is 4.39 Å². The lowest BCUT2D eigenvalue weighted by Crippen LogP contribution is -2.38. The molecule has 6 heteroatoms. The summed E-state index contributed by atoms with van der Waals surface area (Å²) in [6.07, 6.45) is 2.18. The average Bonchev–Trinajstić information content (AvgIpc) is 3.27. The number of thiocarbonyl (C=S) groups is 1. The highest BCUT2D eigenvalue weighted by atomic mass is 32.1. The fourth-order valence-electron chi connectivity index (χ4n) is 3.18. The number of likely N-dealkylation sites (tertiary alicyclic amines) is 1. The van der Waals surface area contributed by atoms with Crippen molar-refractivity contribution in [3.63, 3.8) is 0 Å². The van der Waals surface area contributed by atoms with E-state index in [1.54, 1.807) is 23.5 Å². The number of halogens is 1. The third kappa shape index (κ3) is 3.50. The van der Waals surface area contributed by atoms with Crippen molar-refractivity contribution in [2.24, 2.45) is 0 Å². The number of nitrogens with zero attached hydrogens (tertiary/aromatic N) is 2. The number of nitrogens with one attached hydrogen (secondary N) is 1. The Bertz CT molecular complexity index is 858. The van der Waals surface area contributed by atoms with E-state index in [1.807, 2.05) is 12.1 Å². The summed E-state index contributed by atoms with van der Waals surface area (Å²) in [5.74, 6) is -0.221. The van der Waals surface area contributed by atoms with E-state index in [9.17, 15) is 4.39 Å². The van der Waals surface area contributed by atoms with Crippen LogP contribution in [0.4, 0.5) is 4.39 Å². The molecule has 1 saturated heterocycles. The van der Waals surface area contributed by atoms with Gasteiger partial charge in [0.25, 0.3) is 0 Å². The number of fused-ring (bicyclic) bond motifs is 1. The van der Waals surface area contributed by atoms with Gasteiger partial charge in [0, 0.05) is 13.1 Å². The van der Waals surface area contributed by atoms with Crippen LogP contribution in [0.25, 0.3) is 10.2 Å².